The van der Waals surface area contributed by atoms with Gasteiger partial charge >= 0.3 is 0 Å². The molecule has 5 heteroatoms. The Hall–Kier alpha value is -1.81. The van der Waals surface area contributed by atoms with Crippen molar-refractivity contribution in [1.82, 2.24) is 10.1 Å². The van der Waals surface area contributed by atoms with E-state index in [0.717, 1.165) is 18.4 Å². The van der Waals surface area contributed by atoms with E-state index < -0.39 is 0 Å². The fourth-order valence-electron chi connectivity index (χ4n) is 3.11. The minimum absolute atomic E-state index is 0.0586. The largest absolute Gasteiger partial charge is 0.355 e. The Morgan fingerprint density at radius 1 is 1.27 bits per heavy atom. The van der Waals surface area contributed by atoms with Crippen molar-refractivity contribution in [2.24, 2.45) is 0 Å². The Labute approximate surface area is 135 Å². The van der Waals surface area contributed by atoms with Crippen molar-refractivity contribution >= 4 is 17.5 Å². The Morgan fingerprint density at radius 2 is 2.00 bits per heavy atom. The molecule has 0 bridgehead atoms. The summed E-state index contributed by atoms with van der Waals surface area (Å²) in [6.45, 7) is 4.18. The highest BCUT2D eigenvalue weighted by atomic mass is 35.5. The van der Waals surface area contributed by atoms with Crippen LogP contribution in [0.25, 0.3) is 11.3 Å². The van der Waals surface area contributed by atoms with E-state index in [1.807, 2.05) is 17.0 Å². The van der Waals surface area contributed by atoms with Crippen LogP contribution in [-0.2, 0) is 0 Å². The number of halogens is 1. The minimum atomic E-state index is -0.0586. The monoisotopic (exact) mass is 318 g/mol. The van der Waals surface area contributed by atoms with Crippen LogP contribution < -0.4 is 0 Å². The maximum atomic E-state index is 12.7. The molecule has 1 aromatic heterocycles. The lowest BCUT2D eigenvalue weighted by Gasteiger charge is -2.38. The molecule has 0 aliphatic carbocycles. The SMILES string of the molecule is CC1CCCC(C)N1C(=O)c1cc(-c2cccc(Cl)c2)on1. The maximum Gasteiger partial charge on any atom is 0.276 e. The van der Waals surface area contributed by atoms with Crippen LogP contribution in [0.5, 0.6) is 0 Å². The third-order valence-electron chi connectivity index (χ3n) is 4.27. The maximum absolute atomic E-state index is 12.7. The fourth-order valence-corrected chi connectivity index (χ4v) is 3.30. The van der Waals surface area contributed by atoms with Gasteiger partial charge in [-0.15, -0.1) is 0 Å². The van der Waals surface area contributed by atoms with Gasteiger partial charge in [-0.05, 0) is 45.2 Å². The molecule has 2 atom stereocenters. The first-order valence-electron chi connectivity index (χ1n) is 7.61. The molecule has 22 heavy (non-hydrogen) atoms. The number of piperidine rings is 1. The molecule has 3 rings (SSSR count). The quantitative estimate of drug-likeness (QED) is 0.824. The van der Waals surface area contributed by atoms with Crippen molar-refractivity contribution in [3.05, 3.63) is 41.0 Å². The summed E-state index contributed by atoms with van der Waals surface area (Å²) >= 11 is 5.99. The zero-order chi connectivity index (χ0) is 15.7. The van der Waals surface area contributed by atoms with E-state index in [4.69, 9.17) is 16.1 Å². The molecule has 0 spiro atoms. The molecule has 2 unspecified atom stereocenters. The second kappa shape index (κ2) is 6.13. The number of hydrogen-bond acceptors (Lipinski definition) is 3. The smallest absolute Gasteiger partial charge is 0.276 e. The Morgan fingerprint density at radius 3 is 2.68 bits per heavy atom. The molecule has 1 saturated heterocycles. The van der Waals surface area contributed by atoms with Gasteiger partial charge in [0.05, 0.1) is 0 Å². The van der Waals surface area contributed by atoms with Crippen LogP contribution in [0.1, 0.15) is 43.6 Å². The van der Waals surface area contributed by atoms with Crippen LogP contribution >= 0.6 is 11.6 Å². The van der Waals surface area contributed by atoms with Gasteiger partial charge in [-0.2, -0.15) is 0 Å². The van der Waals surface area contributed by atoms with E-state index in [0.29, 0.717) is 16.5 Å². The molecule has 2 aromatic rings. The van der Waals surface area contributed by atoms with E-state index in [9.17, 15) is 4.79 Å². The van der Waals surface area contributed by atoms with Gasteiger partial charge in [-0.25, -0.2) is 0 Å². The summed E-state index contributed by atoms with van der Waals surface area (Å²) in [4.78, 5) is 14.6. The summed E-state index contributed by atoms with van der Waals surface area (Å²) in [6, 6.07) is 9.49. The van der Waals surface area contributed by atoms with Crippen LogP contribution in [0.15, 0.2) is 34.9 Å². The summed E-state index contributed by atoms with van der Waals surface area (Å²) in [5, 5.41) is 4.58. The van der Waals surface area contributed by atoms with E-state index in [1.54, 1.807) is 18.2 Å². The third kappa shape index (κ3) is 2.88. The average Bonchev–Trinajstić information content (AvgIpc) is 2.97. The number of nitrogens with zero attached hydrogens (tertiary/aromatic N) is 2. The van der Waals surface area contributed by atoms with Gasteiger partial charge in [-0.3, -0.25) is 4.79 Å². The standard InChI is InChI=1S/C17H19ClN2O2/c1-11-5-3-6-12(2)20(11)17(21)15-10-16(22-19-15)13-7-4-8-14(18)9-13/h4,7-12H,3,5-6H2,1-2H3. The van der Waals surface area contributed by atoms with Gasteiger partial charge in [-0.1, -0.05) is 28.9 Å². The molecule has 0 radical (unpaired) electrons. The highest BCUT2D eigenvalue weighted by Gasteiger charge is 2.31. The van der Waals surface area contributed by atoms with Crippen molar-refractivity contribution in [2.45, 2.75) is 45.2 Å². The number of likely N-dealkylation sites (tertiary alicyclic amines) is 1. The highest BCUT2D eigenvalue weighted by molar-refractivity contribution is 6.30. The van der Waals surface area contributed by atoms with Crippen molar-refractivity contribution in [1.29, 1.82) is 0 Å². The Kier molecular flexibility index (Phi) is 4.21. The first kappa shape index (κ1) is 15.1. The molecular formula is C17H19ClN2O2. The molecule has 0 N–H and O–H groups in total. The van der Waals surface area contributed by atoms with E-state index in [1.165, 1.54) is 6.42 Å². The number of carbonyl (C=O) groups excluding carboxylic acids is 1. The molecule has 2 heterocycles. The Balaban J connectivity index is 1.85. The van der Waals surface area contributed by atoms with E-state index in [2.05, 4.69) is 19.0 Å². The fraction of sp³-hybridized carbons (Fsp3) is 0.412. The van der Waals surface area contributed by atoms with Gasteiger partial charge in [0.25, 0.3) is 5.91 Å². The lowest BCUT2D eigenvalue weighted by atomic mass is 9.97. The molecular weight excluding hydrogens is 300 g/mol. The number of carbonyl (C=O) groups is 1. The number of benzene rings is 1. The average molecular weight is 319 g/mol. The van der Waals surface area contributed by atoms with E-state index >= 15 is 0 Å². The van der Waals surface area contributed by atoms with Crippen LogP contribution in [0, 0.1) is 0 Å². The predicted octanol–water partition coefficient (Wildman–Crippen LogP) is 4.40. The summed E-state index contributed by atoms with van der Waals surface area (Å²) in [6.07, 6.45) is 3.24. The number of amides is 1. The second-order valence-electron chi connectivity index (χ2n) is 5.93. The normalized spacial score (nSPS) is 21.9. The molecule has 1 amide bonds. The zero-order valence-corrected chi connectivity index (χ0v) is 13.5. The van der Waals surface area contributed by atoms with Gasteiger partial charge in [0.1, 0.15) is 0 Å². The first-order valence-corrected chi connectivity index (χ1v) is 7.99. The molecule has 4 nitrogen and oxygen atoms in total. The zero-order valence-electron chi connectivity index (χ0n) is 12.8. The van der Waals surface area contributed by atoms with E-state index in [-0.39, 0.29) is 18.0 Å². The summed E-state index contributed by atoms with van der Waals surface area (Å²) in [5.41, 5.74) is 1.18. The highest BCUT2D eigenvalue weighted by Crippen LogP contribution is 2.27. The van der Waals surface area contributed by atoms with Crippen LogP contribution in [0.2, 0.25) is 5.02 Å². The molecule has 1 aromatic carbocycles. The molecule has 1 aliphatic heterocycles. The lowest BCUT2D eigenvalue weighted by molar-refractivity contribution is 0.0500. The minimum Gasteiger partial charge on any atom is -0.355 e. The van der Waals surface area contributed by atoms with Crippen LogP contribution in [0.4, 0.5) is 0 Å². The van der Waals surface area contributed by atoms with Gasteiger partial charge in [0, 0.05) is 28.7 Å². The van der Waals surface area contributed by atoms with Crippen molar-refractivity contribution in [2.75, 3.05) is 0 Å². The lowest BCUT2D eigenvalue weighted by Crippen LogP contribution is -2.47. The van der Waals surface area contributed by atoms with Crippen molar-refractivity contribution in [3.8, 4) is 11.3 Å². The van der Waals surface area contributed by atoms with Gasteiger partial charge in [0.2, 0.25) is 0 Å². The topological polar surface area (TPSA) is 46.3 Å². The molecule has 1 aliphatic rings. The Bertz CT molecular complexity index is 673. The number of rotatable bonds is 2. The third-order valence-corrected chi connectivity index (χ3v) is 4.50. The van der Waals surface area contributed by atoms with Crippen LogP contribution in [-0.4, -0.2) is 28.0 Å². The molecule has 0 saturated carbocycles. The summed E-state index contributed by atoms with van der Waals surface area (Å²) in [5.74, 6) is 0.500. The predicted molar refractivity (Wildman–Crippen MR) is 85.9 cm³/mol. The molecule has 1 fully saturated rings. The number of hydrogen-bond donors (Lipinski definition) is 0. The first-order chi connectivity index (χ1) is 10.6. The van der Waals surface area contributed by atoms with Gasteiger partial charge in [0.15, 0.2) is 11.5 Å². The summed E-state index contributed by atoms with van der Waals surface area (Å²) in [7, 11) is 0. The molecule has 116 valence electrons. The van der Waals surface area contributed by atoms with Crippen molar-refractivity contribution < 1.29 is 9.32 Å². The van der Waals surface area contributed by atoms with Crippen LogP contribution in [0.3, 0.4) is 0 Å². The van der Waals surface area contributed by atoms with Crippen molar-refractivity contribution in [3.63, 3.8) is 0 Å². The summed E-state index contributed by atoms with van der Waals surface area (Å²) < 4.78 is 5.33. The second-order valence-corrected chi connectivity index (χ2v) is 6.36. The van der Waals surface area contributed by atoms with Gasteiger partial charge < -0.3 is 9.42 Å². The number of aromatic nitrogens is 1.